The molecule has 0 saturated heterocycles. The lowest BCUT2D eigenvalue weighted by atomic mass is 9.49. The summed E-state index contributed by atoms with van der Waals surface area (Å²) < 4.78 is 5.72. The van der Waals surface area contributed by atoms with Crippen molar-refractivity contribution in [3.05, 3.63) is 35.4 Å². The van der Waals surface area contributed by atoms with Crippen molar-refractivity contribution in [2.75, 3.05) is 0 Å². The van der Waals surface area contributed by atoms with Crippen molar-refractivity contribution >= 4 is 11.8 Å². The highest BCUT2D eigenvalue weighted by atomic mass is 16.5. The van der Waals surface area contributed by atoms with E-state index in [0.717, 1.165) is 25.7 Å². The topological polar surface area (TPSA) is 43.4 Å². The highest BCUT2D eigenvalue weighted by Crippen LogP contribution is 2.60. The van der Waals surface area contributed by atoms with E-state index in [2.05, 4.69) is 6.92 Å². The molecule has 1 aromatic rings. The van der Waals surface area contributed by atoms with Crippen molar-refractivity contribution < 1.29 is 14.3 Å². The molecule has 25 heavy (non-hydrogen) atoms. The summed E-state index contributed by atoms with van der Waals surface area (Å²) >= 11 is 0. The third-order valence-corrected chi connectivity index (χ3v) is 6.77. The first-order valence-corrected chi connectivity index (χ1v) is 9.83. The third-order valence-electron chi connectivity index (χ3n) is 6.77. The van der Waals surface area contributed by atoms with Crippen LogP contribution in [-0.4, -0.2) is 17.9 Å². The van der Waals surface area contributed by atoms with E-state index in [4.69, 9.17) is 4.74 Å². The smallest absolute Gasteiger partial charge is 0.312 e. The van der Waals surface area contributed by atoms with E-state index in [9.17, 15) is 9.59 Å². The molecule has 0 N–H and O–H groups in total. The second-order valence-corrected chi connectivity index (χ2v) is 8.66. The zero-order valence-electron chi connectivity index (χ0n) is 15.3. The Morgan fingerprint density at radius 3 is 2.04 bits per heavy atom. The molecule has 0 unspecified atom stereocenters. The molecule has 0 radical (unpaired) electrons. The van der Waals surface area contributed by atoms with Crippen LogP contribution in [0, 0.1) is 23.2 Å². The maximum absolute atomic E-state index is 13.0. The average molecular weight is 340 g/mol. The number of aryl methyl sites for hydroxylation is 1. The van der Waals surface area contributed by atoms with E-state index in [1.807, 2.05) is 24.3 Å². The van der Waals surface area contributed by atoms with Crippen LogP contribution in [0.3, 0.4) is 0 Å². The minimum absolute atomic E-state index is 0.0965. The van der Waals surface area contributed by atoms with Gasteiger partial charge in [0.25, 0.3) is 0 Å². The number of ether oxygens (including phenoxy) is 1. The van der Waals surface area contributed by atoms with Gasteiger partial charge in [-0.2, -0.15) is 0 Å². The number of carbonyl (C=O) groups excluding carboxylic acids is 2. The minimum Gasteiger partial charge on any atom is -0.454 e. The Kier molecular flexibility index (Phi) is 4.21. The molecule has 5 rings (SSSR count). The van der Waals surface area contributed by atoms with E-state index in [1.165, 1.54) is 24.8 Å². The Labute approximate surface area is 150 Å². The first kappa shape index (κ1) is 16.8. The SMILES string of the molecule is CCc1ccc(C(=O)[C@H](C)OC(=O)C23CC4CC(CC(C4)C2)C3)cc1. The molecular weight excluding hydrogens is 312 g/mol. The Hall–Kier alpha value is -1.64. The second-order valence-electron chi connectivity index (χ2n) is 8.66. The van der Waals surface area contributed by atoms with Gasteiger partial charge in [-0.05, 0) is 75.2 Å². The molecule has 0 aromatic heterocycles. The summed E-state index contributed by atoms with van der Waals surface area (Å²) in [7, 11) is 0. The van der Waals surface area contributed by atoms with Crippen LogP contribution >= 0.6 is 0 Å². The molecule has 0 aliphatic heterocycles. The Balaban J connectivity index is 1.44. The number of carbonyl (C=O) groups is 2. The van der Waals surface area contributed by atoms with Crippen molar-refractivity contribution in [2.45, 2.75) is 64.9 Å². The molecule has 0 heterocycles. The lowest BCUT2D eigenvalue weighted by Crippen LogP contribution is -2.51. The maximum Gasteiger partial charge on any atom is 0.312 e. The first-order valence-electron chi connectivity index (χ1n) is 9.83. The van der Waals surface area contributed by atoms with Crippen molar-refractivity contribution in [3.8, 4) is 0 Å². The highest BCUT2D eigenvalue weighted by Gasteiger charge is 2.55. The number of esters is 1. The fourth-order valence-electron chi connectivity index (χ4n) is 5.84. The van der Waals surface area contributed by atoms with Crippen molar-refractivity contribution in [1.29, 1.82) is 0 Å². The number of rotatable bonds is 5. The second kappa shape index (κ2) is 6.26. The molecule has 4 saturated carbocycles. The van der Waals surface area contributed by atoms with Gasteiger partial charge >= 0.3 is 5.97 Å². The Morgan fingerprint density at radius 2 is 1.56 bits per heavy atom. The summed E-state index contributed by atoms with van der Waals surface area (Å²) in [6.07, 6.45) is 7.07. The third kappa shape index (κ3) is 3.02. The monoisotopic (exact) mass is 340 g/mol. The van der Waals surface area contributed by atoms with E-state index in [1.54, 1.807) is 6.92 Å². The summed E-state index contributed by atoms with van der Waals surface area (Å²) in [4.78, 5) is 25.6. The van der Waals surface area contributed by atoms with Gasteiger partial charge in [-0.15, -0.1) is 0 Å². The van der Waals surface area contributed by atoms with Crippen LogP contribution in [0.5, 0.6) is 0 Å². The van der Waals surface area contributed by atoms with Crippen LogP contribution in [0.25, 0.3) is 0 Å². The average Bonchev–Trinajstić information content (AvgIpc) is 2.60. The molecule has 3 nitrogen and oxygen atoms in total. The number of ketones is 1. The van der Waals surface area contributed by atoms with Crippen LogP contribution in [0.2, 0.25) is 0 Å². The standard InChI is InChI=1S/C22H28O3/c1-3-15-4-6-19(7-5-15)20(23)14(2)25-21(24)22-11-16-8-17(12-22)10-18(9-16)13-22/h4-7,14,16-18H,3,8-13H2,1-2H3/t14-,16?,17?,18?,22?/m0/s1. The molecule has 0 amide bonds. The molecule has 1 atom stereocenters. The molecule has 4 bridgehead atoms. The molecule has 1 aromatic carbocycles. The Morgan fingerprint density at radius 1 is 1.04 bits per heavy atom. The van der Waals surface area contributed by atoms with E-state index >= 15 is 0 Å². The summed E-state index contributed by atoms with van der Waals surface area (Å²) in [5, 5.41) is 0. The molecule has 4 aliphatic carbocycles. The van der Waals surface area contributed by atoms with E-state index in [0.29, 0.717) is 23.3 Å². The van der Waals surface area contributed by atoms with Crippen molar-refractivity contribution in [3.63, 3.8) is 0 Å². The number of hydrogen-bond acceptors (Lipinski definition) is 3. The van der Waals surface area contributed by atoms with Gasteiger partial charge < -0.3 is 4.74 Å². The van der Waals surface area contributed by atoms with Crippen molar-refractivity contribution in [1.82, 2.24) is 0 Å². The number of Topliss-reactive ketones (excluding diaryl/α,β-unsaturated/α-hetero) is 1. The first-order chi connectivity index (χ1) is 12.0. The fraction of sp³-hybridized carbons (Fsp3) is 0.636. The van der Waals surface area contributed by atoms with Gasteiger partial charge in [0.1, 0.15) is 0 Å². The molecule has 4 fully saturated rings. The molecule has 134 valence electrons. The van der Waals surface area contributed by atoms with Gasteiger partial charge in [-0.1, -0.05) is 31.2 Å². The van der Waals surface area contributed by atoms with Gasteiger partial charge in [-0.25, -0.2) is 0 Å². The quantitative estimate of drug-likeness (QED) is 0.582. The predicted molar refractivity (Wildman–Crippen MR) is 96.3 cm³/mol. The van der Waals surface area contributed by atoms with E-state index < -0.39 is 6.10 Å². The summed E-state index contributed by atoms with van der Waals surface area (Å²) in [5.41, 5.74) is 1.54. The van der Waals surface area contributed by atoms with Gasteiger partial charge in [0.15, 0.2) is 6.10 Å². The van der Waals surface area contributed by atoms with Crippen LogP contribution in [0.4, 0.5) is 0 Å². The lowest BCUT2D eigenvalue weighted by molar-refractivity contribution is -0.174. The van der Waals surface area contributed by atoms with Crippen LogP contribution in [0.1, 0.15) is 68.3 Å². The van der Waals surface area contributed by atoms with Crippen molar-refractivity contribution in [2.24, 2.45) is 23.2 Å². The minimum atomic E-state index is -0.701. The normalized spacial score (nSPS) is 33.9. The van der Waals surface area contributed by atoms with Gasteiger partial charge in [0.05, 0.1) is 5.41 Å². The Bertz CT molecular complexity index is 638. The fourth-order valence-corrected chi connectivity index (χ4v) is 5.84. The predicted octanol–water partition coefficient (Wildman–Crippen LogP) is 4.58. The number of benzene rings is 1. The van der Waals surface area contributed by atoms with Crippen LogP contribution in [0.15, 0.2) is 24.3 Å². The molecular formula is C22H28O3. The largest absolute Gasteiger partial charge is 0.454 e. The molecule has 3 heteroatoms. The zero-order chi connectivity index (χ0) is 17.6. The molecule has 4 aliphatic rings. The van der Waals surface area contributed by atoms with Gasteiger partial charge in [0, 0.05) is 5.56 Å². The lowest BCUT2D eigenvalue weighted by Gasteiger charge is -2.55. The maximum atomic E-state index is 13.0. The summed E-state index contributed by atoms with van der Waals surface area (Å²) in [6, 6.07) is 7.63. The van der Waals surface area contributed by atoms with E-state index in [-0.39, 0.29) is 17.2 Å². The van der Waals surface area contributed by atoms with Crippen LogP contribution in [-0.2, 0) is 16.0 Å². The van der Waals surface area contributed by atoms with Crippen LogP contribution < -0.4 is 0 Å². The summed E-state index contributed by atoms with van der Waals surface area (Å²) in [6.45, 7) is 3.81. The molecule has 0 spiro atoms. The zero-order valence-corrected chi connectivity index (χ0v) is 15.3. The number of hydrogen-bond donors (Lipinski definition) is 0. The van der Waals surface area contributed by atoms with Gasteiger partial charge in [0.2, 0.25) is 5.78 Å². The summed E-state index contributed by atoms with van der Waals surface area (Å²) in [5.74, 6) is 1.89. The highest BCUT2D eigenvalue weighted by molar-refractivity contribution is 6.00. The van der Waals surface area contributed by atoms with Gasteiger partial charge in [-0.3, -0.25) is 9.59 Å².